The predicted octanol–water partition coefficient (Wildman–Crippen LogP) is 0.386. The molecule has 1 atom stereocenters. The van der Waals surface area contributed by atoms with E-state index in [1.165, 1.54) is 13.3 Å². The summed E-state index contributed by atoms with van der Waals surface area (Å²) in [5.41, 5.74) is 0. The highest BCUT2D eigenvalue weighted by Gasteiger charge is 2.19. The number of rotatable bonds is 6. The summed E-state index contributed by atoms with van der Waals surface area (Å²) in [5.74, 6) is -1.25. The largest absolute Gasteiger partial charge is 0.748 e. The van der Waals surface area contributed by atoms with Crippen molar-refractivity contribution in [3.8, 4) is 0 Å². The van der Waals surface area contributed by atoms with Crippen molar-refractivity contribution in [1.29, 1.82) is 0 Å². The lowest BCUT2D eigenvalue weighted by Gasteiger charge is -2.26. The third-order valence-electron chi connectivity index (χ3n) is 2.96. The number of carbonyl (C=O) groups is 1. The van der Waals surface area contributed by atoms with Crippen LogP contribution >= 0.6 is 0 Å². The standard InChI is InChI=1S/C11H21NO5S/c1-9(13)17-11(8-18(14,15)16)7-12-10-5-3-2-4-6-10/h10-12H,2-8H2,1H3,(H,14,15,16)/p-1. The second kappa shape index (κ2) is 7.06. The highest BCUT2D eigenvalue weighted by Crippen LogP contribution is 2.17. The number of esters is 1. The van der Waals surface area contributed by atoms with Crippen molar-refractivity contribution < 1.29 is 22.5 Å². The van der Waals surface area contributed by atoms with Crippen molar-refractivity contribution in [2.24, 2.45) is 0 Å². The monoisotopic (exact) mass is 278 g/mol. The molecule has 0 spiro atoms. The lowest BCUT2D eigenvalue weighted by Crippen LogP contribution is -2.41. The highest BCUT2D eigenvalue weighted by molar-refractivity contribution is 7.85. The minimum atomic E-state index is -4.39. The van der Waals surface area contributed by atoms with Gasteiger partial charge in [-0.15, -0.1) is 0 Å². The Balaban J connectivity index is 2.41. The summed E-state index contributed by atoms with van der Waals surface area (Å²) in [6, 6.07) is 0.325. The summed E-state index contributed by atoms with van der Waals surface area (Å²) in [7, 11) is -4.39. The van der Waals surface area contributed by atoms with Crippen LogP contribution in [0.2, 0.25) is 0 Å². The summed E-state index contributed by atoms with van der Waals surface area (Å²) in [4.78, 5) is 10.8. The van der Waals surface area contributed by atoms with Crippen LogP contribution in [0.3, 0.4) is 0 Å². The van der Waals surface area contributed by atoms with Gasteiger partial charge in [0.2, 0.25) is 0 Å². The van der Waals surface area contributed by atoms with E-state index in [0.717, 1.165) is 25.7 Å². The molecule has 0 aliphatic heterocycles. The van der Waals surface area contributed by atoms with Crippen molar-refractivity contribution in [3.63, 3.8) is 0 Å². The molecule has 1 unspecified atom stereocenters. The molecule has 0 heterocycles. The van der Waals surface area contributed by atoms with Crippen LogP contribution in [-0.4, -0.2) is 43.4 Å². The van der Waals surface area contributed by atoms with E-state index in [1.807, 2.05) is 0 Å². The van der Waals surface area contributed by atoms with Crippen LogP contribution < -0.4 is 5.32 Å². The first-order chi connectivity index (χ1) is 8.37. The fraction of sp³-hybridized carbons (Fsp3) is 0.909. The minimum Gasteiger partial charge on any atom is -0.748 e. The number of hydrogen-bond acceptors (Lipinski definition) is 6. The molecule has 6 nitrogen and oxygen atoms in total. The topological polar surface area (TPSA) is 95.5 Å². The molecule has 0 bridgehead atoms. The molecule has 0 aromatic carbocycles. The van der Waals surface area contributed by atoms with E-state index in [2.05, 4.69) is 5.32 Å². The number of carbonyl (C=O) groups excluding carboxylic acids is 1. The van der Waals surface area contributed by atoms with Gasteiger partial charge < -0.3 is 14.6 Å². The van der Waals surface area contributed by atoms with Gasteiger partial charge in [0.1, 0.15) is 6.10 Å². The fourth-order valence-corrected chi connectivity index (χ4v) is 2.84. The summed E-state index contributed by atoms with van der Waals surface area (Å²) in [6.07, 6.45) is 4.70. The van der Waals surface area contributed by atoms with Crippen molar-refractivity contribution in [2.45, 2.75) is 51.2 Å². The third kappa shape index (κ3) is 6.93. The Morgan fingerprint density at radius 2 is 2.00 bits per heavy atom. The maximum atomic E-state index is 10.8. The van der Waals surface area contributed by atoms with E-state index < -0.39 is 27.9 Å². The Kier molecular flexibility index (Phi) is 6.04. The third-order valence-corrected chi connectivity index (χ3v) is 3.74. The average Bonchev–Trinajstić information content (AvgIpc) is 2.24. The number of ether oxygens (including phenoxy) is 1. The van der Waals surface area contributed by atoms with Crippen molar-refractivity contribution in [2.75, 3.05) is 12.3 Å². The minimum absolute atomic E-state index is 0.214. The SMILES string of the molecule is CC(=O)OC(CNC1CCCCC1)CS(=O)(=O)[O-]. The molecule has 106 valence electrons. The zero-order chi connectivity index (χ0) is 13.6. The first-order valence-corrected chi connectivity index (χ1v) is 7.79. The highest BCUT2D eigenvalue weighted by atomic mass is 32.2. The smallest absolute Gasteiger partial charge is 0.302 e. The van der Waals surface area contributed by atoms with Gasteiger partial charge in [-0.05, 0) is 12.8 Å². The molecule has 1 aliphatic rings. The summed E-state index contributed by atoms with van der Waals surface area (Å²) in [6.45, 7) is 1.41. The quantitative estimate of drug-likeness (QED) is 0.557. The van der Waals surface area contributed by atoms with Crippen LogP contribution in [0.15, 0.2) is 0 Å². The molecular formula is C11H20NO5S-. The van der Waals surface area contributed by atoms with Gasteiger partial charge in [0, 0.05) is 19.5 Å². The van der Waals surface area contributed by atoms with Crippen LogP contribution in [0.1, 0.15) is 39.0 Å². The molecule has 1 rings (SSSR count). The van der Waals surface area contributed by atoms with Gasteiger partial charge in [0.15, 0.2) is 0 Å². The van der Waals surface area contributed by atoms with E-state index in [1.54, 1.807) is 0 Å². The molecule has 1 aliphatic carbocycles. The number of hydrogen-bond donors (Lipinski definition) is 1. The molecule has 0 aromatic rings. The molecule has 0 radical (unpaired) electrons. The lowest BCUT2D eigenvalue weighted by atomic mass is 9.95. The van der Waals surface area contributed by atoms with Crippen LogP contribution in [0.4, 0.5) is 0 Å². The van der Waals surface area contributed by atoms with Gasteiger partial charge in [0.05, 0.1) is 15.9 Å². The zero-order valence-electron chi connectivity index (χ0n) is 10.6. The van der Waals surface area contributed by atoms with Crippen LogP contribution in [0.25, 0.3) is 0 Å². The van der Waals surface area contributed by atoms with E-state index in [0.29, 0.717) is 6.04 Å². The molecule has 1 saturated carbocycles. The Morgan fingerprint density at radius 1 is 1.39 bits per heavy atom. The molecule has 18 heavy (non-hydrogen) atoms. The van der Waals surface area contributed by atoms with Crippen LogP contribution in [-0.2, 0) is 19.6 Å². The number of nitrogens with one attached hydrogen (secondary N) is 1. The van der Waals surface area contributed by atoms with Gasteiger partial charge in [-0.2, -0.15) is 0 Å². The molecule has 0 saturated heterocycles. The first-order valence-electron chi connectivity index (χ1n) is 6.21. The van der Waals surface area contributed by atoms with Gasteiger partial charge in [-0.1, -0.05) is 19.3 Å². The fourth-order valence-electron chi connectivity index (χ4n) is 2.20. The van der Waals surface area contributed by atoms with Crippen molar-refractivity contribution >= 4 is 16.1 Å². The Labute approximate surface area is 108 Å². The Morgan fingerprint density at radius 3 is 2.50 bits per heavy atom. The Hall–Kier alpha value is -0.660. The zero-order valence-corrected chi connectivity index (χ0v) is 11.4. The second-order valence-corrected chi connectivity index (χ2v) is 6.15. The van der Waals surface area contributed by atoms with Crippen molar-refractivity contribution in [3.05, 3.63) is 0 Å². The van der Waals surface area contributed by atoms with E-state index in [-0.39, 0.29) is 6.54 Å². The van der Waals surface area contributed by atoms with E-state index in [4.69, 9.17) is 4.74 Å². The Bertz CT molecular complexity index is 362. The summed E-state index contributed by atoms with van der Waals surface area (Å²) < 4.78 is 36.9. The van der Waals surface area contributed by atoms with Gasteiger partial charge in [-0.25, -0.2) is 8.42 Å². The summed E-state index contributed by atoms with van der Waals surface area (Å²) >= 11 is 0. The molecule has 1 N–H and O–H groups in total. The second-order valence-electron chi connectivity index (χ2n) is 4.70. The molecule has 1 fully saturated rings. The van der Waals surface area contributed by atoms with Crippen LogP contribution in [0, 0.1) is 0 Å². The normalized spacial score (nSPS) is 19.4. The van der Waals surface area contributed by atoms with Gasteiger partial charge in [0.25, 0.3) is 0 Å². The van der Waals surface area contributed by atoms with Gasteiger partial charge >= 0.3 is 5.97 Å². The lowest BCUT2D eigenvalue weighted by molar-refractivity contribution is -0.145. The molecule has 7 heteroatoms. The van der Waals surface area contributed by atoms with Gasteiger partial charge in [-0.3, -0.25) is 4.79 Å². The van der Waals surface area contributed by atoms with E-state index in [9.17, 15) is 17.8 Å². The maximum Gasteiger partial charge on any atom is 0.302 e. The average molecular weight is 278 g/mol. The first kappa shape index (κ1) is 15.4. The predicted molar refractivity (Wildman–Crippen MR) is 65.0 cm³/mol. The van der Waals surface area contributed by atoms with Crippen LogP contribution in [0.5, 0.6) is 0 Å². The van der Waals surface area contributed by atoms with E-state index >= 15 is 0 Å². The molecule has 0 aromatic heterocycles. The molecule has 0 amide bonds. The summed E-state index contributed by atoms with van der Waals surface area (Å²) in [5, 5.41) is 3.17. The van der Waals surface area contributed by atoms with Crippen molar-refractivity contribution in [1.82, 2.24) is 5.32 Å². The maximum absolute atomic E-state index is 10.8. The molecular weight excluding hydrogens is 258 g/mol.